The number of benzene rings is 1. The molecule has 0 aromatic heterocycles. The van der Waals surface area contributed by atoms with Crippen LogP contribution in [0.4, 0.5) is 4.39 Å². The third-order valence-electron chi connectivity index (χ3n) is 2.84. The van der Waals surface area contributed by atoms with E-state index in [9.17, 15) is 14.0 Å². The minimum atomic E-state index is -1.11. The van der Waals surface area contributed by atoms with Crippen molar-refractivity contribution in [3.05, 3.63) is 33.1 Å². The summed E-state index contributed by atoms with van der Waals surface area (Å²) in [5.74, 6) is -1.96. The normalized spacial score (nSPS) is 19.3. The van der Waals surface area contributed by atoms with Gasteiger partial charge in [-0.1, -0.05) is 0 Å². The summed E-state index contributed by atoms with van der Waals surface area (Å²) in [6.07, 6.45) is 0. The van der Waals surface area contributed by atoms with Crippen LogP contribution >= 0.6 is 22.6 Å². The standard InChI is InChI=1S/C12H11FINO4/c13-7-1-2-8(9(14)5-7)11(16)15-3-4-19-6-10(15)12(17)18/h1-2,5,10H,3-4,6H2,(H,17,18). The summed E-state index contributed by atoms with van der Waals surface area (Å²) < 4.78 is 18.5. The molecule has 1 unspecified atom stereocenters. The second-order valence-corrected chi connectivity index (χ2v) is 5.21. The number of nitrogens with zero attached hydrogens (tertiary/aromatic N) is 1. The molecule has 1 aromatic rings. The molecule has 0 saturated carbocycles. The number of carboxylic acid groups (broad SMARTS) is 1. The van der Waals surface area contributed by atoms with Gasteiger partial charge in [0, 0.05) is 10.1 Å². The quantitative estimate of drug-likeness (QED) is 0.789. The lowest BCUT2D eigenvalue weighted by Crippen LogP contribution is -2.52. The fourth-order valence-electron chi connectivity index (χ4n) is 1.87. The van der Waals surface area contributed by atoms with Crippen LogP contribution in [0.1, 0.15) is 10.4 Å². The molecule has 102 valence electrons. The fraction of sp³-hybridized carbons (Fsp3) is 0.333. The highest BCUT2D eigenvalue weighted by Crippen LogP contribution is 2.19. The van der Waals surface area contributed by atoms with E-state index in [0.29, 0.717) is 15.7 Å². The number of carboxylic acids is 1. The predicted molar refractivity (Wildman–Crippen MR) is 72.4 cm³/mol. The van der Waals surface area contributed by atoms with E-state index in [1.807, 2.05) is 22.6 Å². The zero-order valence-electron chi connectivity index (χ0n) is 9.81. The van der Waals surface area contributed by atoms with E-state index in [2.05, 4.69) is 0 Å². The highest BCUT2D eigenvalue weighted by Gasteiger charge is 2.33. The summed E-state index contributed by atoms with van der Waals surface area (Å²) in [6.45, 7) is 0.482. The van der Waals surface area contributed by atoms with Crippen molar-refractivity contribution in [2.24, 2.45) is 0 Å². The van der Waals surface area contributed by atoms with Crippen LogP contribution in [0.3, 0.4) is 0 Å². The van der Waals surface area contributed by atoms with Gasteiger partial charge in [0.05, 0.1) is 18.8 Å². The Labute approximate surface area is 122 Å². The van der Waals surface area contributed by atoms with Crippen molar-refractivity contribution in [2.75, 3.05) is 19.8 Å². The molecular weight excluding hydrogens is 368 g/mol. The first kappa shape index (κ1) is 14.2. The number of amides is 1. The van der Waals surface area contributed by atoms with Crippen LogP contribution in [0.2, 0.25) is 0 Å². The third-order valence-corrected chi connectivity index (χ3v) is 3.73. The van der Waals surface area contributed by atoms with Crippen LogP contribution in [-0.2, 0) is 9.53 Å². The van der Waals surface area contributed by atoms with Crippen molar-refractivity contribution >= 4 is 34.5 Å². The Morgan fingerprint density at radius 1 is 1.47 bits per heavy atom. The number of carbonyl (C=O) groups is 2. The largest absolute Gasteiger partial charge is 0.480 e. The topological polar surface area (TPSA) is 66.8 Å². The number of ether oxygens (including phenoxy) is 1. The third kappa shape index (κ3) is 3.03. The van der Waals surface area contributed by atoms with E-state index < -0.39 is 23.7 Å². The van der Waals surface area contributed by atoms with E-state index in [4.69, 9.17) is 9.84 Å². The van der Waals surface area contributed by atoms with Crippen molar-refractivity contribution in [3.63, 3.8) is 0 Å². The van der Waals surface area contributed by atoms with Crippen molar-refractivity contribution in [1.29, 1.82) is 0 Å². The van der Waals surface area contributed by atoms with Crippen LogP contribution in [0.25, 0.3) is 0 Å². The molecule has 7 heteroatoms. The fourth-order valence-corrected chi connectivity index (χ4v) is 2.58. The first-order chi connectivity index (χ1) is 9.00. The predicted octanol–water partition coefficient (Wildman–Crippen LogP) is 1.36. The average molecular weight is 379 g/mol. The van der Waals surface area contributed by atoms with Gasteiger partial charge < -0.3 is 14.7 Å². The van der Waals surface area contributed by atoms with Gasteiger partial charge >= 0.3 is 5.97 Å². The lowest BCUT2D eigenvalue weighted by molar-refractivity contribution is -0.147. The molecular formula is C12H11FINO4. The number of halogens is 2. The molecule has 19 heavy (non-hydrogen) atoms. The van der Waals surface area contributed by atoms with E-state index >= 15 is 0 Å². The maximum atomic E-state index is 13.0. The van der Waals surface area contributed by atoms with Gasteiger partial charge in [0.1, 0.15) is 5.82 Å². The maximum absolute atomic E-state index is 13.0. The Bertz CT molecular complexity index is 522. The number of aliphatic carboxylic acids is 1. The molecule has 1 aliphatic rings. The van der Waals surface area contributed by atoms with E-state index in [1.54, 1.807) is 0 Å². The summed E-state index contributed by atoms with van der Waals surface area (Å²) in [4.78, 5) is 24.7. The van der Waals surface area contributed by atoms with Crippen LogP contribution in [0.15, 0.2) is 18.2 Å². The smallest absolute Gasteiger partial charge is 0.328 e. The molecule has 1 atom stereocenters. The van der Waals surface area contributed by atoms with Gasteiger partial charge in [0.25, 0.3) is 5.91 Å². The molecule has 1 N–H and O–H groups in total. The molecule has 0 radical (unpaired) electrons. The Hall–Kier alpha value is -1.22. The molecule has 1 aromatic carbocycles. The molecule has 0 bridgehead atoms. The number of rotatable bonds is 2. The lowest BCUT2D eigenvalue weighted by atomic mass is 10.1. The highest BCUT2D eigenvalue weighted by atomic mass is 127. The summed E-state index contributed by atoms with van der Waals surface area (Å²) in [6, 6.07) is 2.80. The Kier molecular flexibility index (Phi) is 4.35. The van der Waals surface area contributed by atoms with Crippen molar-refractivity contribution in [1.82, 2.24) is 4.90 Å². The Balaban J connectivity index is 2.28. The van der Waals surface area contributed by atoms with Gasteiger partial charge in [-0.05, 0) is 40.8 Å². The monoisotopic (exact) mass is 379 g/mol. The minimum Gasteiger partial charge on any atom is -0.480 e. The molecule has 5 nitrogen and oxygen atoms in total. The first-order valence-electron chi connectivity index (χ1n) is 5.57. The van der Waals surface area contributed by atoms with Gasteiger partial charge in [0.15, 0.2) is 6.04 Å². The minimum absolute atomic E-state index is 0.0289. The molecule has 1 heterocycles. The zero-order valence-corrected chi connectivity index (χ0v) is 12.0. The van der Waals surface area contributed by atoms with Crippen LogP contribution in [0.5, 0.6) is 0 Å². The average Bonchev–Trinajstić information content (AvgIpc) is 2.38. The molecule has 1 aliphatic heterocycles. The summed E-state index contributed by atoms with van der Waals surface area (Å²) in [5.41, 5.74) is 0.301. The lowest BCUT2D eigenvalue weighted by Gasteiger charge is -2.33. The van der Waals surface area contributed by atoms with Crippen molar-refractivity contribution in [3.8, 4) is 0 Å². The van der Waals surface area contributed by atoms with Gasteiger partial charge in [0.2, 0.25) is 0 Å². The van der Waals surface area contributed by atoms with Gasteiger partial charge in [-0.25, -0.2) is 9.18 Å². The van der Waals surface area contributed by atoms with Gasteiger partial charge in [-0.3, -0.25) is 4.79 Å². The second kappa shape index (κ2) is 5.83. The Morgan fingerprint density at radius 3 is 2.84 bits per heavy atom. The summed E-state index contributed by atoms with van der Waals surface area (Å²) in [5, 5.41) is 9.08. The van der Waals surface area contributed by atoms with E-state index in [1.165, 1.54) is 23.1 Å². The second-order valence-electron chi connectivity index (χ2n) is 4.05. The summed E-state index contributed by atoms with van der Waals surface area (Å²) in [7, 11) is 0. The van der Waals surface area contributed by atoms with Crippen LogP contribution in [-0.4, -0.2) is 47.7 Å². The highest BCUT2D eigenvalue weighted by molar-refractivity contribution is 14.1. The Morgan fingerprint density at radius 2 is 2.21 bits per heavy atom. The van der Waals surface area contributed by atoms with Gasteiger partial charge in [-0.15, -0.1) is 0 Å². The number of morpholine rings is 1. The van der Waals surface area contributed by atoms with E-state index in [-0.39, 0.29) is 13.2 Å². The van der Waals surface area contributed by atoms with Crippen LogP contribution < -0.4 is 0 Å². The maximum Gasteiger partial charge on any atom is 0.328 e. The molecule has 0 aliphatic carbocycles. The summed E-state index contributed by atoms with van der Waals surface area (Å²) >= 11 is 1.86. The molecule has 2 rings (SSSR count). The first-order valence-corrected chi connectivity index (χ1v) is 6.65. The van der Waals surface area contributed by atoms with Crippen LogP contribution in [0, 0.1) is 9.39 Å². The van der Waals surface area contributed by atoms with Gasteiger partial charge in [-0.2, -0.15) is 0 Å². The molecule has 1 saturated heterocycles. The number of hydrogen-bond acceptors (Lipinski definition) is 3. The molecule has 1 fully saturated rings. The number of carbonyl (C=O) groups excluding carboxylic acids is 1. The molecule has 0 spiro atoms. The zero-order chi connectivity index (χ0) is 14.0. The SMILES string of the molecule is O=C(O)C1COCCN1C(=O)c1ccc(F)cc1I. The number of hydrogen-bond donors (Lipinski definition) is 1. The van der Waals surface area contributed by atoms with Crippen molar-refractivity contribution in [2.45, 2.75) is 6.04 Å². The van der Waals surface area contributed by atoms with E-state index in [0.717, 1.165) is 0 Å². The van der Waals surface area contributed by atoms with Crippen molar-refractivity contribution < 1.29 is 23.8 Å². The molecule has 1 amide bonds.